The first-order valence-electron chi connectivity index (χ1n) is 8.35. The number of hydrogen-bond acceptors (Lipinski definition) is 3. The number of nitrogens with one attached hydrogen (secondary N) is 2. The van der Waals surface area contributed by atoms with Crippen LogP contribution < -0.4 is 10.6 Å². The predicted molar refractivity (Wildman–Crippen MR) is 102 cm³/mol. The Labute approximate surface area is 165 Å². The molecule has 0 fully saturated rings. The van der Waals surface area contributed by atoms with E-state index in [0.29, 0.717) is 10.7 Å². The molecule has 0 unspecified atom stereocenters. The van der Waals surface area contributed by atoms with Gasteiger partial charge in [-0.2, -0.15) is 13.2 Å². The molecule has 9 heteroatoms. The third kappa shape index (κ3) is 6.86. The molecule has 2 rings (SSSR count). The van der Waals surface area contributed by atoms with E-state index < -0.39 is 17.6 Å². The van der Waals surface area contributed by atoms with Crippen LogP contribution in [0.1, 0.15) is 12.0 Å². The molecule has 0 atom stereocenters. The van der Waals surface area contributed by atoms with Crippen molar-refractivity contribution in [1.29, 1.82) is 0 Å². The van der Waals surface area contributed by atoms with Gasteiger partial charge in [0.15, 0.2) is 0 Å². The Morgan fingerprint density at radius 1 is 1.04 bits per heavy atom. The second-order valence-corrected chi connectivity index (χ2v) is 6.57. The van der Waals surface area contributed by atoms with Crippen molar-refractivity contribution in [2.75, 3.05) is 30.8 Å². The average Bonchev–Trinajstić information content (AvgIpc) is 2.59. The minimum atomic E-state index is -4.56. The van der Waals surface area contributed by atoms with E-state index in [1.54, 1.807) is 36.2 Å². The van der Waals surface area contributed by atoms with Crippen molar-refractivity contribution in [2.45, 2.75) is 12.6 Å². The molecule has 0 aliphatic carbocycles. The predicted octanol–water partition coefficient (Wildman–Crippen LogP) is 4.26. The van der Waals surface area contributed by atoms with Gasteiger partial charge in [-0.05, 0) is 37.4 Å². The van der Waals surface area contributed by atoms with E-state index in [4.69, 9.17) is 11.6 Å². The van der Waals surface area contributed by atoms with E-state index in [9.17, 15) is 22.8 Å². The van der Waals surface area contributed by atoms with Crippen molar-refractivity contribution in [3.05, 3.63) is 59.1 Å². The SMILES string of the molecule is CN(CCC(=O)Nc1cccc(Cl)c1)CC(=O)Nc1ccccc1C(F)(F)F. The van der Waals surface area contributed by atoms with Crippen LogP contribution in [0.25, 0.3) is 0 Å². The Kier molecular flexibility index (Phi) is 7.42. The molecule has 0 bridgehead atoms. The lowest BCUT2D eigenvalue weighted by molar-refractivity contribution is -0.137. The van der Waals surface area contributed by atoms with Crippen molar-refractivity contribution < 1.29 is 22.8 Å². The van der Waals surface area contributed by atoms with E-state index in [1.807, 2.05) is 0 Å². The van der Waals surface area contributed by atoms with Crippen molar-refractivity contribution in [3.8, 4) is 0 Å². The van der Waals surface area contributed by atoms with Crippen LogP contribution in [-0.2, 0) is 15.8 Å². The maximum Gasteiger partial charge on any atom is 0.418 e. The molecule has 0 aliphatic heterocycles. The molecule has 0 saturated carbocycles. The van der Waals surface area contributed by atoms with Gasteiger partial charge in [0.05, 0.1) is 17.8 Å². The Hall–Kier alpha value is -2.58. The van der Waals surface area contributed by atoms with Crippen LogP contribution in [0.15, 0.2) is 48.5 Å². The van der Waals surface area contributed by atoms with Crippen LogP contribution in [0.2, 0.25) is 5.02 Å². The standard InChI is InChI=1S/C19H19ClF3N3O2/c1-26(10-9-17(27)24-14-6-4-5-13(20)11-14)12-18(28)25-16-8-3-2-7-15(16)19(21,22)23/h2-8,11H,9-10,12H2,1H3,(H,24,27)(H,25,28). The highest BCUT2D eigenvalue weighted by Crippen LogP contribution is 2.34. The molecule has 0 heterocycles. The van der Waals surface area contributed by atoms with Crippen LogP contribution in [0, 0.1) is 0 Å². The molecule has 2 aromatic carbocycles. The number of benzene rings is 2. The van der Waals surface area contributed by atoms with Crippen LogP contribution >= 0.6 is 11.6 Å². The van der Waals surface area contributed by atoms with E-state index >= 15 is 0 Å². The summed E-state index contributed by atoms with van der Waals surface area (Å²) in [4.78, 5) is 25.5. The fraction of sp³-hybridized carbons (Fsp3) is 0.263. The van der Waals surface area contributed by atoms with Gasteiger partial charge >= 0.3 is 6.18 Å². The highest BCUT2D eigenvalue weighted by molar-refractivity contribution is 6.30. The largest absolute Gasteiger partial charge is 0.418 e. The molecule has 0 radical (unpaired) electrons. The lowest BCUT2D eigenvalue weighted by Gasteiger charge is -2.18. The number of halogens is 4. The highest BCUT2D eigenvalue weighted by atomic mass is 35.5. The summed E-state index contributed by atoms with van der Waals surface area (Å²) in [6.07, 6.45) is -4.45. The van der Waals surface area contributed by atoms with E-state index in [-0.39, 0.29) is 31.1 Å². The fourth-order valence-electron chi connectivity index (χ4n) is 2.44. The second kappa shape index (κ2) is 9.57. The first-order valence-corrected chi connectivity index (χ1v) is 8.73. The third-order valence-corrected chi connectivity index (χ3v) is 3.98. The van der Waals surface area contributed by atoms with Crippen LogP contribution in [0.5, 0.6) is 0 Å². The topological polar surface area (TPSA) is 61.4 Å². The summed E-state index contributed by atoms with van der Waals surface area (Å²) in [6.45, 7) is 0.0946. The van der Waals surface area contributed by atoms with Gasteiger partial charge in [-0.1, -0.05) is 29.8 Å². The van der Waals surface area contributed by atoms with Gasteiger partial charge in [-0.15, -0.1) is 0 Å². The number of rotatable bonds is 7. The van der Waals surface area contributed by atoms with Gasteiger partial charge < -0.3 is 10.6 Å². The van der Waals surface area contributed by atoms with Crippen LogP contribution in [0.3, 0.4) is 0 Å². The lowest BCUT2D eigenvalue weighted by Crippen LogP contribution is -2.33. The number of para-hydroxylation sites is 1. The minimum Gasteiger partial charge on any atom is -0.326 e. The van der Waals surface area contributed by atoms with Gasteiger partial charge in [0, 0.05) is 23.7 Å². The summed E-state index contributed by atoms with van der Waals surface area (Å²) in [6, 6.07) is 11.4. The van der Waals surface area contributed by atoms with Gasteiger partial charge in [-0.3, -0.25) is 14.5 Å². The number of amides is 2. The number of anilines is 2. The van der Waals surface area contributed by atoms with Gasteiger partial charge in [0.1, 0.15) is 0 Å². The summed E-state index contributed by atoms with van der Waals surface area (Å²) in [5.74, 6) is -0.869. The number of carbonyl (C=O) groups excluding carboxylic acids is 2. The van der Waals surface area contributed by atoms with E-state index in [0.717, 1.165) is 6.07 Å². The fourth-order valence-corrected chi connectivity index (χ4v) is 2.63. The minimum absolute atomic E-state index is 0.107. The number of alkyl halides is 3. The number of likely N-dealkylation sites (N-methyl/N-ethyl adjacent to an activating group) is 1. The van der Waals surface area contributed by atoms with E-state index in [2.05, 4.69) is 10.6 Å². The molecule has 0 saturated heterocycles. The lowest BCUT2D eigenvalue weighted by atomic mass is 10.1. The van der Waals surface area contributed by atoms with Crippen LogP contribution in [-0.4, -0.2) is 36.9 Å². The van der Waals surface area contributed by atoms with Gasteiger partial charge in [0.2, 0.25) is 11.8 Å². The number of carbonyl (C=O) groups is 2. The molecule has 0 aliphatic rings. The maximum absolute atomic E-state index is 13.0. The Bertz CT molecular complexity index is 843. The zero-order valence-corrected chi connectivity index (χ0v) is 15.8. The Morgan fingerprint density at radius 3 is 2.43 bits per heavy atom. The maximum atomic E-state index is 13.0. The molecule has 0 spiro atoms. The van der Waals surface area contributed by atoms with Crippen LogP contribution in [0.4, 0.5) is 24.5 Å². The summed E-state index contributed by atoms with van der Waals surface area (Å²) in [7, 11) is 1.60. The van der Waals surface area contributed by atoms with Crippen molar-refractivity contribution in [1.82, 2.24) is 4.90 Å². The molecule has 2 N–H and O–H groups in total. The smallest absolute Gasteiger partial charge is 0.326 e. The molecule has 0 aromatic heterocycles. The first kappa shape index (κ1) is 21.7. The Morgan fingerprint density at radius 2 is 1.75 bits per heavy atom. The molecular formula is C19H19ClF3N3O2. The second-order valence-electron chi connectivity index (χ2n) is 6.14. The van der Waals surface area contributed by atoms with Gasteiger partial charge in [0.25, 0.3) is 0 Å². The van der Waals surface area contributed by atoms with E-state index in [1.165, 1.54) is 18.2 Å². The normalized spacial score (nSPS) is 11.4. The van der Waals surface area contributed by atoms with Crippen molar-refractivity contribution >= 4 is 34.8 Å². The Balaban J connectivity index is 1.82. The molecule has 2 aromatic rings. The quantitative estimate of drug-likeness (QED) is 0.713. The van der Waals surface area contributed by atoms with Gasteiger partial charge in [-0.25, -0.2) is 0 Å². The van der Waals surface area contributed by atoms with Crippen molar-refractivity contribution in [3.63, 3.8) is 0 Å². The average molecular weight is 414 g/mol. The zero-order valence-electron chi connectivity index (χ0n) is 15.0. The molecule has 5 nitrogen and oxygen atoms in total. The summed E-state index contributed by atoms with van der Waals surface area (Å²) in [5, 5.41) is 5.44. The molecule has 28 heavy (non-hydrogen) atoms. The number of nitrogens with zero attached hydrogens (tertiary/aromatic N) is 1. The number of hydrogen-bond donors (Lipinski definition) is 2. The molecule has 150 valence electrons. The third-order valence-electron chi connectivity index (χ3n) is 3.75. The monoisotopic (exact) mass is 413 g/mol. The zero-order chi connectivity index (χ0) is 20.7. The molecule has 2 amide bonds. The summed E-state index contributed by atoms with van der Waals surface area (Å²) in [5.41, 5.74) is -0.652. The first-order chi connectivity index (χ1) is 13.1. The molecular weight excluding hydrogens is 395 g/mol. The summed E-state index contributed by atoms with van der Waals surface area (Å²) >= 11 is 5.84. The highest BCUT2D eigenvalue weighted by Gasteiger charge is 2.33. The summed E-state index contributed by atoms with van der Waals surface area (Å²) < 4.78 is 38.9. The van der Waals surface area contributed by atoms with Crippen molar-refractivity contribution in [2.24, 2.45) is 0 Å².